The Labute approximate surface area is 157 Å². The lowest BCUT2D eigenvalue weighted by Crippen LogP contribution is -2.03. The van der Waals surface area contributed by atoms with Crippen LogP contribution in [0.2, 0.25) is 0 Å². The normalized spacial score (nSPS) is 10.8. The third kappa shape index (κ3) is 5.32. The number of benzene rings is 1. The van der Waals surface area contributed by atoms with Crippen molar-refractivity contribution >= 4 is 0 Å². The zero-order valence-corrected chi connectivity index (χ0v) is 14.5. The van der Waals surface area contributed by atoms with E-state index < -0.39 is 18.2 Å². The second kappa shape index (κ2) is 8.55. The third-order valence-corrected chi connectivity index (χ3v) is 3.45. The average molecular weight is 394 g/mol. The van der Waals surface area contributed by atoms with Gasteiger partial charge in [0.2, 0.25) is 17.6 Å². The lowest BCUT2D eigenvalue weighted by atomic mass is 10.2. The van der Waals surface area contributed by atoms with Gasteiger partial charge in [-0.2, -0.15) is 13.8 Å². The molecule has 0 unspecified atom stereocenters. The first kappa shape index (κ1) is 19.4. The molecule has 0 aliphatic rings. The van der Waals surface area contributed by atoms with E-state index >= 15 is 0 Å². The fourth-order valence-corrected chi connectivity index (χ4v) is 2.25. The highest BCUT2D eigenvalue weighted by Gasteiger charge is 2.10. The van der Waals surface area contributed by atoms with Crippen molar-refractivity contribution in [3.63, 3.8) is 0 Å². The van der Waals surface area contributed by atoms with Crippen LogP contribution in [0.1, 0.15) is 11.1 Å². The first-order valence-electron chi connectivity index (χ1n) is 8.03. The Morgan fingerprint density at radius 3 is 2.50 bits per heavy atom. The van der Waals surface area contributed by atoms with Crippen LogP contribution in [0.5, 0.6) is 23.4 Å². The summed E-state index contributed by atoms with van der Waals surface area (Å²) in [7, 11) is 0. The summed E-state index contributed by atoms with van der Waals surface area (Å²) in [5, 5.41) is 0. The molecule has 2 heterocycles. The second-order valence-corrected chi connectivity index (χ2v) is 5.66. The molecule has 9 heteroatoms. The molecule has 0 saturated heterocycles. The van der Waals surface area contributed by atoms with E-state index in [1.54, 1.807) is 19.1 Å². The van der Waals surface area contributed by atoms with Crippen LogP contribution in [-0.2, 0) is 6.61 Å². The van der Waals surface area contributed by atoms with Gasteiger partial charge in [-0.1, -0.05) is 0 Å². The maximum atomic E-state index is 13.7. The van der Waals surface area contributed by atoms with Gasteiger partial charge >= 0.3 is 6.61 Å². The monoisotopic (exact) mass is 394 g/mol. The third-order valence-electron chi connectivity index (χ3n) is 3.45. The highest BCUT2D eigenvalue weighted by Crippen LogP contribution is 2.26. The quantitative estimate of drug-likeness (QED) is 0.526. The number of alkyl halides is 2. The largest absolute Gasteiger partial charge is 0.473 e. The molecule has 0 aliphatic heterocycles. The van der Waals surface area contributed by atoms with E-state index in [0.717, 1.165) is 17.7 Å². The summed E-state index contributed by atoms with van der Waals surface area (Å²) in [5.74, 6) is -1.26. The molecule has 0 saturated carbocycles. The number of ether oxygens (including phenoxy) is 3. The van der Waals surface area contributed by atoms with Crippen molar-refractivity contribution in [2.45, 2.75) is 20.1 Å². The Hall–Kier alpha value is -3.36. The molecule has 1 aromatic carbocycles. The minimum absolute atomic E-state index is 0.128. The van der Waals surface area contributed by atoms with Crippen LogP contribution in [-0.4, -0.2) is 16.6 Å². The predicted octanol–water partition coefficient (Wildman–Crippen LogP) is 5.04. The Bertz CT molecular complexity index is 970. The standard InChI is InChI=1S/C19H14F4N2O3/c1-11-6-17(26-10-12-2-3-13(20)8-15(12)21)25-18(7-11)27-14-4-5-24-16(9-14)28-19(22)23/h2-9,19H,10H2,1H3. The van der Waals surface area contributed by atoms with Gasteiger partial charge in [-0.05, 0) is 30.7 Å². The lowest BCUT2D eigenvalue weighted by molar-refractivity contribution is -0.0529. The van der Waals surface area contributed by atoms with E-state index in [1.807, 2.05) is 0 Å². The van der Waals surface area contributed by atoms with Crippen molar-refractivity contribution in [3.8, 4) is 23.4 Å². The Kier molecular flexibility index (Phi) is 5.93. The summed E-state index contributed by atoms with van der Waals surface area (Å²) < 4.78 is 66.4. The summed E-state index contributed by atoms with van der Waals surface area (Å²) in [6, 6.07) is 8.99. The minimum atomic E-state index is -3.01. The second-order valence-electron chi connectivity index (χ2n) is 5.66. The number of halogens is 4. The smallest absolute Gasteiger partial charge is 0.388 e. The van der Waals surface area contributed by atoms with E-state index in [0.29, 0.717) is 0 Å². The molecule has 0 bridgehead atoms. The number of pyridine rings is 2. The van der Waals surface area contributed by atoms with Crippen molar-refractivity contribution < 1.29 is 31.8 Å². The molecule has 2 aromatic heterocycles. The van der Waals surface area contributed by atoms with Gasteiger partial charge in [0.25, 0.3) is 0 Å². The van der Waals surface area contributed by atoms with Gasteiger partial charge in [0.05, 0.1) is 0 Å². The molecule has 3 rings (SSSR count). The van der Waals surface area contributed by atoms with Crippen LogP contribution in [0.15, 0.2) is 48.7 Å². The van der Waals surface area contributed by atoms with Crippen LogP contribution < -0.4 is 14.2 Å². The zero-order chi connectivity index (χ0) is 20.1. The summed E-state index contributed by atoms with van der Waals surface area (Å²) >= 11 is 0. The van der Waals surface area contributed by atoms with E-state index in [-0.39, 0.29) is 35.6 Å². The summed E-state index contributed by atoms with van der Waals surface area (Å²) in [5.41, 5.74) is 0.896. The Morgan fingerprint density at radius 2 is 1.75 bits per heavy atom. The van der Waals surface area contributed by atoms with Crippen LogP contribution >= 0.6 is 0 Å². The van der Waals surface area contributed by atoms with E-state index in [4.69, 9.17) is 9.47 Å². The highest BCUT2D eigenvalue weighted by atomic mass is 19.3. The molecule has 5 nitrogen and oxygen atoms in total. The SMILES string of the molecule is Cc1cc(OCc2ccc(F)cc2F)nc(Oc2ccnc(OC(F)F)c2)c1. The number of rotatable bonds is 7. The first-order chi connectivity index (χ1) is 13.4. The van der Waals surface area contributed by atoms with Gasteiger partial charge in [-0.15, -0.1) is 0 Å². The molecule has 0 fully saturated rings. The van der Waals surface area contributed by atoms with Crippen molar-refractivity contribution in [2.24, 2.45) is 0 Å². The van der Waals surface area contributed by atoms with Gasteiger partial charge in [0.1, 0.15) is 24.0 Å². The highest BCUT2D eigenvalue weighted by molar-refractivity contribution is 5.33. The van der Waals surface area contributed by atoms with E-state index in [2.05, 4.69) is 14.7 Å². The molecule has 0 N–H and O–H groups in total. The maximum absolute atomic E-state index is 13.7. The molecular weight excluding hydrogens is 380 g/mol. The topological polar surface area (TPSA) is 53.5 Å². The summed E-state index contributed by atoms with van der Waals surface area (Å²) in [6.07, 6.45) is 1.25. The van der Waals surface area contributed by atoms with Gasteiger partial charge in [-0.25, -0.2) is 13.8 Å². The zero-order valence-electron chi connectivity index (χ0n) is 14.5. The molecule has 146 valence electrons. The number of nitrogens with zero attached hydrogens (tertiary/aromatic N) is 2. The summed E-state index contributed by atoms with van der Waals surface area (Å²) in [6.45, 7) is -1.41. The van der Waals surface area contributed by atoms with Crippen LogP contribution in [0.25, 0.3) is 0 Å². The van der Waals surface area contributed by atoms with Gasteiger partial charge < -0.3 is 14.2 Å². The molecule has 28 heavy (non-hydrogen) atoms. The van der Waals surface area contributed by atoms with E-state index in [9.17, 15) is 17.6 Å². The maximum Gasteiger partial charge on any atom is 0.388 e. The van der Waals surface area contributed by atoms with Crippen LogP contribution in [0, 0.1) is 18.6 Å². The Morgan fingerprint density at radius 1 is 0.964 bits per heavy atom. The fraction of sp³-hybridized carbons (Fsp3) is 0.158. The number of hydrogen-bond donors (Lipinski definition) is 0. The van der Waals surface area contributed by atoms with Gasteiger partial charge in [0.15, 0.2) is 0 Å². The van der Waals surface area contributed by atoms with Crippen molar-refractivity contribution in [1.82, 2.24) is 9.97 Å². The molecule has 0 spiro atoms. The molecule has 0 aliphatic carbocycles. The van der Waals surface area contributed by atoms with E-state index in [1.165, 1.54) is 24.4 Å². The number of aryl methyl sites for hydroxylation is 1. The van der Waals surface area contributed by atoms with Crippen molar-refractivity contribution in [3.05, 3.63) is 71.4 Å². The average Bonchev–Trinajstić information content (AvgIpc) is 2.60. The molecule has 0 amide bonds. The van der Waals surface area contributed by atoms with Gasteiger partial charge in [0, 0.05) is 36.0 Å². The molecule has 0 radical (unpaired) electrons. The first-order valence-corrected chi connectivity index (χ1v) is 8.03. The molecular formula is C19H14F4N2O3. The van der Waals surface area contributed by atoms with Crippen LogP contribution in [0.3, 0.4) is 0 Å². The summed E-state index contributed by atoms with van der Waals surface area (Å²) in [4.78, 5) is 7.78. The molecule has 0 atom stereocenters. The Balaban J connectivity index is 1.72. The van der Waals surface area contributed by atoms with Crippen molar-refractivity contribution in [1.29, 1.82) is 0 Å². The number of aromatic nitrogens is 2. The fourth-order valence-electron chi connectivity index (χ4n) is 2.25. The number of hydrogen-bond acceptors (Lipinski definition) is 5. The van der Waals surface area contributed by atoms with Crippen molar-refractivity contribution in [2.75, 3.05) is 0 Å². The predicted molar refractivity (Wildman–Crippen MR) is 90.6 cm³/mol. The van der Waals surface area contributed by atoms with Crippen LogP contribution in [0.4, 0.5) is 17.6 Å². The van der Waals surface area contributed by atoms with Gasteiger partial charge in [-0.3, -0.25) is 0 Å². The minimum Gasteiger partial charge on any atom is -0.473 e. The lowest BCUT2D eigenvalue weighted by Gasteiger charge is -2.11. The molecule has 3 aromatic rings.